The Hall–Kier alpha value is -2.19. The molecule has 1 saturated carbocycles. The van der Waals surface area contributed by atoms with Crippen molar-refractivity contribution >= 4 is 11.8 Å². The van der Waals surface area contributed by atoms with E-state index < -0.39 is 104 Å². The molecule has 3 fully saturated rings. The molecular weight excluding hydrogens is 650 g/mol. The molecule has 2 heterocycles. The summed E-state index contributed by atoms with van der Waals surface area (Å²) in [5, 5.41) is 31.2. The summed E-state index contributed by atoms with van der Waals surface area (Å²) in [6.45, 7) is 5.27. The van der Waals surface area contributed by atoms with Gasteiger partial charge < -0.3 is 63.5 Å². The van der Waals surface area contributed by atoms with Gasteiger partial charge in [0, 0.05) is 72.7 Å². The van der Waals surface area contributed by atoms with Crippen molar-refractivity contribution in [2.45, 2.75) is 108 Å². The fourth-order valence-electron chi connectivity index (χ4n) is 7.70. The molecule has 0 aromatic carbocycles. The number of ether oxygens (including phenoxy) is 9. The number of carbonyl (C=O) groups excluding carboxylic acids is 2. The van der Waals surface area contributed by atoms with E-state index in [2.05, 4.69) is 20.7 Å². The van der Waals surface area contributed by atoms with Crippen molar-refractivity contribution in [2.75, 3.05) is 61.9 Å². The molecule has 1 aliphatic carbocycles. The molecule has 2 amide bonds. The monoisotopic (exact) mass is 705 g/mol. The number of nitrogens with zero attached hydrogens (tertiary/aromatic N) is 3. The second kappa shape index (κ2) is 18.9. The summed E-state index contributed by atoms with van der Waals surface area (Å²) in [6, 6.07) is -1.71. The highest BCUT2D eigenvalue weighted by molar-refractivity contribution is 5.74. The predicted octanol–water partition coefficient (Wildman–Crippen LogP) is -0.120. The number of carbonyl (C=O) groups is 2. The first-order valence-electron chi connectivity index (χ1n) is 16.5. The number of hydrogen-bond donors (Lipinski definition) is 4. The van der Waals surface area contributed by atoms with Crippen molar-refractivity contribution in [1.82, 2.24) is 10.6 Å². The predicted molar refractivity (Wildman–Crippen MR) is 171 cm³/mol. The van der Waals surface area contributed by atoms with Crippen LogP contribution < -0.4 is 10.6 Å². The molecule has 282 valence electrons. The van der Waals surface area contributed by atoms with E-state index in [1.807, 2.05) is 6.92 Å². The van der Waals surface area contributed by atoms with Gasteiger partial charge in [0.1, 0.15) is 24.4 Å². The van der Waals surface area contributed by atoms with Gasteiger partial charge in [-0.05, 0) is 18.9 Å². The van der Waals surface area contributed by atoms with E-state index in [0.717, 1.165) is 0 Å². The van der Waals surface area contributed by atoms with Crippen LogP contribution in [0.25, 0.3) is 10.4 Å². The zero-order valence-electron chi connectivity index (χ0n) is 29.8. The van der Waals surface area contributed by atoms with Crippen LogP contribution in [0.1, 0.15) is 34.1 Å². The standard InChI is InChI=1S/C31H55N5O13/c1-10-18-25(43-7)26(44-8)20(12-41-5)47-29(18)49-28-30(46-15(2)31(28,14-38)13-33-36-32)48-24-19(11-37)23(42-6)21(34-16(3)39)27(45-9)22(24)35-17(4)40/h15,18-30,37-38H,10-14H2,1-9H3,(H,34,39)(H,35,40)/t15-,18?,19?,20?,21?,22?,23?,24?,25?,26?,27?,28?,29+,30-,31+/m0/s1. The molecule has 0 bridgehead atoms. The van der Waals surface area contributed by atoms with Gasteiger partial charge in [-0.1, -0.05) is 12.0 Å². The van der Waals surface area contributed by atoms with E-state index in [1.54, 1.807) is 21.1 Å². The lowest BCUT2D eigenvalue weighted by molar-refractivity contribution is -0.329. The van der Waals surface area contributed by atoms with Crippen LogP contribution in [0.15, 0.2) is 5.11 Å². The highest BCUT2D eigenvalue weighted by Gasteiger charge is 2.61. The van der Waals surface area contributed by atoms with Crippen molar-refractivity contribution in [1.29, 1.82) is 0 Å². The Labute approximate surface area is 287 Å². The van der Waals surface area contributed by atoms with Gasteiger partial charge in [0.15, 0.2) is 12.6 Å². The summed E-state index contributed by atoms with van der Waals surface area (Å²) in [5.74, 6) is -1.97. The molecule has 0 radical (unpaired) electrons. The van der Waals surface area contributed by atoms with Gasteiger partial charge in [-0.3, -0.25) is 9.59 Å². The third-order valence-corrected chi connectivity index (χ3v) is 10.1. The molecule has 11 unspecified atom stereocenters. The highest BCUT2D eigenvalue weighted by atomic mass is 16.8. The van der Waals surface area contributed by atoms with Gasteiger partial charge in [-0.25, -0.2) is 0 Å². The van der Waals surface area contributed by atoms with Crippen molar-refractivity contribution in [2.24, 2.45) is 22.4 Å². The van der Waals surface area contributed by atoms with Crippen molar-refractivity contribution < 1.29 is 62.4 Å². The second-order valence-corrected chi connectivity index (χ2v) is 12.8. The van der Waals surface area contributed by atoms with Crippen LogP contribution in [0.4, 0.5) is 0 Å². The lowest BCUT2D eigenvalue weighted by atomic mass is 9.75. The van der Waals surface area contributed by atoms with Gasteiger partial charge in [0.25, 0.3) is 0 Å². The minimum Gasteiger partial charge on any atom is -0.396 e. The fraction of sp³-hybridized carbons (Fsp3) is 0.935. The lowest BCUT2D eigenvalue weighted by Crippen LogP contribution is -2.72. The van der Waals surface area contributed by atoms with Crippen molar-refractivity contribution in [3.05, 3.63) is 10.4 Å². The number of methoxy groups -OCH3 is 5. The summed E-state index contributed by atoms with van der Waals surface area (Å²) >= 11 is 0. The molecule has 2 saturated heterocycles. The Morgan fingerprint density at radius 3 is 1.90 bits per heavy atom. The molecule has 3 rings (SSSR count). The maximum atomic E-state index is 12.6. The average Bonchev–Trinajstić information content (AvgIpc) is 3.32. The maximum absolute atomic E-state index is 12.6. The first-order valence-corrected chi connectivity index (χ1v) is 16.5. The smallest absolute Gasteiger partial charge is 0.217 e. The summed E-state index contributed by atoms with van der Waals surface area (Å²) in [6.07, 6.45) is -7.83. The van der Waals surface area contributed by atoms with Crippen LogP contribution in [-0.4, -0.2) is 157 Å². The first-order chi connectivity index (χ1) is 23.5. The maximum Gasteiger partial charge on any atom is 0.217 e. The first kappa shape index (κ1) is 41.2. The van der Waals surface area contributed by atoms with Gasteiger partial charge in [0.05, 0.1) is 61.7 Å². The Bertz CT molecular complexity index is 1120. The largest absolute Gasteiger partial charge is 0.396 e. The number of nitrogens with one attached hydrogen (secondary N) is 2. The van der Waals surface area contributed by atoms with Crippen LogP contribution in [0.2, 0.25) is 0 Å². The number of rotatable bonds is 17. The Kier molecular flexibility index (Phi) is 15.9. The van der Waals surface area contributed by atoms with Gasteiger partial charge in [-0.2, -0.15) is 0 Å². The molecule has 3 aliphatic rings. The van der Waals surface area contributed by atoms with Crippen LogP contribution in [0.3, 0.4) is 0 Å². The number of amides is 2. The third-order valence-electron chi connectivity index (χ3n) is 10.1. The van der Waals surface area contributed by atoms with Gasteiger partial charge in [-0.15, -0.1) is 0 Å². The minimum absolute atomic E-state index is 0.168. The average molecular weight is 706 g/mol. The number of hydrogen-bond acceptors (Lipinski definition) is 14. The quantitative estimate of drug-likeness (QED) is 0.0880. The van der Waals surface area contributed by atoms with E-state index in [0.29, 0.717) is 6.42 Å². The molecule has 0 aromatic heterocycles. The molecule has 0 aromatic rings. The third kappa shape index (κ3) is 8.65. The molecular formula is C31H55N5O13. The number of azide groups is 1. The summed E-state index contributed by atoms with van der Waals surface area (Å²) < 4.78 is 55.0. The number of aliphatic hydroxyl groups excluding tert-OH is 2. The second-order valence-electron chi connectivity index (χ2n) is 12.8. The molecule has 18 heteroatoms. The van der Waals surface area contributed by atoms with Gasteiger partial charge >= 0.3 is 0 Å². The van der Waals surface area contributed by atoms with E-state index in [4.69, 9.17) is 42.6 Å². The number of aliphatic hydroxyl groups is 2. The Morgan fingerprint density at radius 2 is 1.43 bits per heavy atom. The molecule has 18 nitrogen and oxygen atoms in total. The minimum atomic E-state index is -1.32. The van der Waals surface area contributed by atoms with Crippen LogP contribution in [-0.2, 0) is 52.2 Å². The molecule has 49 heavy (non-hydrogen) atoms. The molecule has 4 N–H and O–H groups in total. The van der Waals surface area contributed by atoms with Gasteiger partial charge in [0.2, 0.25) is 11.8 Å². The summed E-state index contributed by atoms with van der Waals surface area (Å²) in [4.78, 5) is 27.7. The summed E-state index contributed by atoms with van der Waals surface area (Å²) in [5.41, 5.74) is 7.99. The lowest BCUT2D eigenvalue weighted by Gasteiger charge is -2.51. The highest BCUT2D eigenvalue weighted by Crippen LogP contribution is 2.46. The van der Waals surface area contributed by atoms with E-state index in [1.165, 1.54) is 35.2 Å². The molecule has 2 aliphatic heterocycles. The van der Waals surface area contributed by atoms with Crippen LogP contribution in [0, 0.1) is 17.3 Å². The Morgan fingerprint density at radius 1 is 0.837 bits per heavy atom. The van der Waals surface area contributed by atoms with E-state index >= 15 is 0 Å². The molecule has 15 atom stereocenters. The van der Waals surface area contributed by atoms with Crippen LogP contribution in [0.5, 0.6) is 0 Å². The zero-order chi connectivity index (χ0) is 36.5. The Balaban J connectivity index is 2.13. The van der Waals surface area contributed by atoms with E-state index in [-0.39, 0.29) is 25.0 Å². The van der Waals surface area contributed by atoms with E-state index in [9.17, 15) is 25.3 Å². The zero-order valence-corrected chi connectivity index (χ0v) is 29.8. The normalized spacial score (nSPS) is 40.8. The molecule has 0 spiro atoms. The van der Waals surface area contributed by atoms with Crippen molar-refractivity contribution in [3.63, 3.8) is 0 Å². The van der Waals surface area contributed by atoms with Crippen LogP contribution >= 0.6 is 0 Å². The summed E-state index contributed by atoms with van der Waals surface area (Å²) in [7, 11) is 7.54. The SMILES string of the molecule is CCC1C(OC)C(OC)C(COC)O[C@@H]1OC1[C@H](OC2C(CO)C(OC)C(NC(C)=O)C(OC)C2NC(C)=O)O[C@@H](C)[C@]1(CO)CN=[N+]=[N-]. The van der Waals surface area contributed by atoms with Crippen molar-refractivity contribution in [3.8, 4) is 0 Å². The fourth-order valence-corrected chi connectivity index (χ4v) is 7.70. The topological polar surface area (TPSA) is 230 Å².